The zero-order chi connectivity index (χ0) is 12.6. The van der Waals surface area contributed by atoms with Crippen molar-refractivity contribution in [3.8, 4) is 0 Å². The van der Waals surface area contributed by atoms with Crippen LogP contribution < -0.4 is 4.72 Å². The van der Waals surface area contributed by atoms with Crippen LogP contribution in [0.2, 0.25) is 0 Å². The smallest absolute Gasteiger partial charge is 0.0975 e. The monoisotopic (exact) mass is 252 g/mol. The van der Waals surface area contributed by atoms with Gasteiger partial charge in [-0.25, -0.2) is 8.93 Å². The Hall–Kier alpha value is -0.740. The first kappa shape index (κ1) is 12.7. The molecule has 1 N–H and O–H groups in total. The highest BCUT2D eigenvalue weighted by Gasteiger charge is 2.28. The Morgan fingerprint density at radius 1 is 1.47 bits per heavy atom. The first-order chi connectivity index (χ1) is 7.88. The molecule has 0 saturated heterocycles. The van der Waals surface area contributed by atoms with Crippen LogP contribution in [0.4, 0.5) is 0 Å². The minimum atomic E-state index is -1.02. The number of hydrogen-bond acceptors (Lipinski definition) is 2. The Balaban J connectivity index is 2.15. The van der Waals surface area contributed by atoms with Crippen molar-refractivity contribution < 1.29 is 4.21 Å². The van der Waals surface area contributed by atoms with Crippen LogP contribution in [0.1, 0.15) is 50.1 Å². The molecule has 94 valence electrons. The van der Waals surface area contributed by atoms with Crippen LogP contribution in [0.25, 0.3) is 0 Å². The molecule has 0 spiro atoms. The van der Waals surface area contributed by atoms with Crippen LogP contribution in [0, 0.1) is 6.92 Å². The summed E-state index contributed by atoms with van der Waals surface area (Å²) in [5.41, 5.74) is 3.62. The molecular formula is C13H20N2OS. The number of pyridine rings is 1. The zero-order valence-electron chi connectivity index (χ0n) is 10.9. The van der Waals surface area contributed by atoms with Gasteiger partial charge in [-0.05, 0) is 57.7 Å². The Labute approximate surface area is 106 Å². The molecule has 2 atom stereocenters. The van der Waals surface area contributed by atoms with E-state index in [4.69, 9.17) is 0 Å². The lowest BCUT2D eigenvalue weighted by molar-refractivity contribution is 0.595. The molecule has 2 rings (SSSR count). The molecule has 3 nitrogen and oxygen atoms in total. The minimum absolute atomic E-state index is 0.193. The molecule has 1 aliphatic rings. The molecule has 1 heterocycles. The van der Waals surface area contributed by atoms with E-state index in [1.54, 1.807) is 0 Å². The van der Waals surface area contributed by atoms with E-state index in [0.717, 1.165) is 18.5 Å². The van der Waals surface area contributed by atoms with Gasteiger partial charge in [0.05, 0.1) is 15.7 Å². The summed E-state index contributed by atoms with van der Waals surface area (Å²) in [6, 6.07) is 2.33. The van der Waals surface area contributed by atoms with Gasteiger partial charge in [-0.1, -0.05) is 0 Å². The van der Waals surface area contributed by atoms with Crippen molar-refractivity contribution in [2.75, 3.05) is 0 Å². The van der Waals surface area contributed by atoms with E-state index in [9.17, 15) is 4.21 Å². The fourth-order valence-corrected chi connectivity index (χ4v) is 2.90. The second-order valence-electron chi connectivity index (χ2n) is 5.61. The summed E-state index contributed by atoms with van der Waals surface area (Å²) in [5, 5.41) is 0. The third kappa shape index (κ3) is 2.75. The number of fused-ring (bicyclic) bond motifs is 1. The fraction of sp³-hybridized carbons (Fsp3) is 0.615. The van der Waals surface area contributed by atoms with Gasteiger partial charge in [0.1, 0.15) is 0 Å². The van der Waals surface area contributed by atoms with Crippen LogP contribution in [-0.2, 0) is 17.4 Å². The van der Waals surface area contributed by atoms with Crippen LogP contribution in [0.15, 0.2) is 12.3 Å². The largest absolute Gasteiger partial charge is 0.261 e. The summed E-state index contributed by atoms with van der Waals surface area (Å²) in [5.74, 6) is 0. The summed E-state index contributed by atoms with van der Waals surface area (Å²) < 4.78 is 15.1. The number of rotatable bonds is 2. The highest BCUT2D eigenvalue weighted by Crippen LogP contribution is 2.31. The second-order valence-corrected chi connectivity index (χ2v) is 7.61. The molecule has 1 aromatic heterocycles. The molecule has 17 heavy (non-hydrogen) atoms. The van der Waals surface area contributed by atoms with Crippen molar-refractivity contribution in [2.45, 2.75) is 51.3 Å². The third-order valence-corrected chi connectivity index (χ3v) is 4.66. The standard InChI is InChI=1S/C13H20N2OS/c1-9-7-10-5-6-12(11(10)8-14-9)15-17(16)13(2,3)4/h7-8,12,15H,5-6H2,1-4H3/t12-,17+/m0/s1. The molecule has 0 fully saturated rings. The molecule has 0 saturated carbocycles. The molecule has 1 aliphatic carbocycles. The Morgan fingerprint density at radius 3 is 2.82 bits per heavy atom. The summed E-state index contributed by atoms with van der Waals surface area (Å²) in [7, 11) is -1.02. The van der Waals surface area contributed by atoms with Gasteiger partial charge in [0.2, 0.25) is 0 Å². The highest BCUT2D eigenvalue weighted by molar-refractivity contribution is 7.84. The zero-order valence-corrected chi connectivity index (χ0v) is 11.7. The van der Waals surface area contributed by atoms with Crippen molar-refractivity contribution in [3.63, 3.8) is 0 Å². The van der Waals surface area contributed by atoms with Gasteiger partial charge in [-0.2, -0.15) is 0 Å². The number of nitrogens with zero attached hydrogens (tertiary/aromatic N) is 1. The molecule has 0 aliphatic heterocycles. The van der Waals surface area contributed by atoms with Crippen molar-refractivity contribution in [1.29, 1.82) is 0 Å². The Bertz CT molecular complexity index is 451. The Kier molecular flexibility index (Phi) is 3.36. The second kappa shape index (κ2) is 4.50. The van der Waals surface area contributed by atoms with Crippen molar-refractivity contribution in [1.82, 2.24) is 9.71 Å². The predicted molar refractivity (Wildman–Crippen MR) is 71.1 cm³/mol. The normalized spacial score (nSPS) is 21.3. The average Bonchev–Trinajstić information content (AvgIpc) is 2.59. The Morgan fingerprint density at radius 2 is 2.18 bits per heavy atom. The lowest BCUT2D eigenvalue weighted by Gasteiger charge is -2.22. The predicted octanol–water partition coefficient (Wildman–Crippen LogP) is 2.43. The summed E-state index contributed by atoms with van der Waals surface area (Å²) in [6.07, 6.45) is 4.00. The van der Waals surface area contributed by atoms with Crippen LogP contribution in [-0.4, -0.2) is 13.9 Å². The van der Waals surface area contributed by atoms with Gasteiger partial charge in [0, 0.05) is 17.9 Å². The highest BCUT2D eigenvalue weighted by atomic mass is 32.2. The summed E-state index contributed by atoms with van der Waals surface area (Å²) in [4.78, 5) is 4.33. The SMILES string of the molecule is Cc1cc2c(cn1)[C@@H](N[S@](=O)C(C)(C)C)CC2. The van der Waals surface area contributed by atoms with E-state index in [1.807, 2.05) is 33.9 Å². The molecule has 1 aromatic rings. The summed E-state index contributed by atoms with van der Waals surface area (Å²) in [6.45, 7) is 7.96. The first-order valence-electron chi connectivity index (χ1n) is 6.01. The maximum absolute atomic E-state index is 12.1. The fourth-order valence-electron chi connectivity index (χ4n) is 2.04. The number of aryl methyl sites for hydroxylation is 2. The summed E-state index contributed by atoms with van der Waals surface area (Å²) >= 11 is 0. The van der Waals surface area contributed by atoms with E-state index in [1.165, 1.54) is 11.1 Å². The number of aromatic nitrogens is 1. The topological polar surface area (TPSA) is 42.0 Å². The molecule has 0 bridgehead atoms. The third-order valence-electron chi connectivity index (χ3n) is 3.04. The van der Waals surface area contributed by atoms with Gasteiger partial charge in [-0.3, -0.25) is 4.98 Å². The molecule has 4 heteroatoms. The van der Waals surface area contributed by atoms with Crippen LogP contribution >= 0.6 is 0 Å². The van der Waals surface area contributed by atoms with Gasteiger partial charge in [0.15, 0.2) is 0 Å². The molecule has 0 unspecified atom stereocenters. The maximum Gasteiger partial charge on any atom is 0.0975 e. The molecule has 0 aromatic carbocycles. The van der Waals surface area contributed by atoms with E-state index in [0.29, 0.717) is 0 Å². The van der Waals surface area contributed by atoms with E-state index in [-0.39, 0.29) is 10.8 Å². The number of nitrogens with one attached hydrogen (secondary N) is 1. The maximum atomic E-state index is 12.1. The van der Waals surface area contributed by atoms with Gasteiger partial charge < -0.3 is 0 Å². The van der Waals surface area contributed by atoms with Crippen LogP contribution in [0.3, 0.4) is 0 Å². The number of hydrogen-bond donors (Lipinski definition) is 1. The lowest BCUT2D eigenvalue weighted by atomic mass is 10.1. The van der Waals surface area contributed by atoms with Gasteiger partial charge in [-0.15, -0.1) is 0 Å². The lowest BCUT2D eigenvalue weighted by Crippen LogP contribution is -2.35. The average molecular weight is 252 g/mol. The first-order valence-corrected chi connectivity index (χ1v) is 7.16. The van der Waals surface area contributed by atoms with E-state index < -0.39 is 11.0 Å². The van der Waals surface area contributed by atoms with Crippen LogP contribution in [0.5, 0.6) is 0 Å². The molecule has 0 radical (unpaired) electrons. The quantitative estimate of drug-likeness (QED) is 0.878. The van der Waals surface area contributed by atoms with Crippen molar-refractivity contribution in [2.24, 2.45) is 0 Å². The van der Waals surface area contributed by atoms with E-state index >= 15 is 0 Å². The van der Waals surface area contributed by atoms with Crippen molar-refractivity contribution in [3.05, 3.63) is 29.1 Å². The van der Waals surface area contributed by atoms with Gasteiger partial charge in [0.25, 0.3) is 0 Å². The molecule has 0 amide bonds. The van der Waals surface area contributed by atoms with E-state index in [2.05, 4.69) is 15.8 Å². The van der Waals surface area contributed by atoms with Gasteiger partial charge >= 0.3 is 0 Å². The van der Waals surface area contributed by atoms with Crippen molar-refractivity contribution >= 4 is 11.0 Å². The molecular weight excluding hydrogens is 232 g/mol. The minimum Gasteiger partial charge on any atom is -0.261 e.